The van der Waals surface area contributed by atoms with E-state index >= 15 is 0 Å². The number of carbonyl (C=O) groups is 2. The SMILES string of the molecule is CC(=O)N1c2ccccc2NC2=C(C(=O)CC(C)(C)C2)[C@@H]1c1ccc(-c2ccc(Br)cc2)o1. The third kappa shape index (κ3) is 3.93. The van der Waals surface area contributed by atoms with Crippen LogP contribution in [-0.4, -0.2) is 11.7 Å². The van der Waals surface area contributed by atoms with E-state index in [2.05, 4.69) is 35.1 Å². The van der Waals surface area contributed by atoms with Crippen LogP contribution in [0.1, 0.15) is 45.4 Å². The molecule has 3 aromatic rings. The summed E-state index contributed by atoms with van der Waals surface area (Å²) in [6, 6.07) is 18.7. The highest BCUT2D eigenvalue weighted by atomic mass is 79.9. The van der Waals surface area contributed by atoms with Crippen LogP contribution in [0, 0.1) is 5.41 Å². The number of amides is 1. The number of para-hydroxylation sites is 2. The zero-order valence-corrected chi connectivity index (χ0v) is 20.4. The second kappa shape index (κ2) is 8.03. The van der Waals surface area contributed by atoms with Gasteiger partial charge in [0.25, 0.3) is 0 Å². The minimum Gasteiger partial charge on any atom is -0.459 e. The Labute approximate surface area is 201 Å². The molecule has 5 rings (SSSR count). The third-order valence-electron chi connectivity index (χ3n) is 6.27. The molecule has 0 radical (unpaired) electrons. The second-order valence-electron chi connectivity index (χ2n) is 9.48. The van der Waals surface area contributed by atoms with Crippen LogP contribution >= 0.6 is 15.9 Å². The van der Waals surface area contributed by atoms with Gasteiger partial charge < -0.3 is 9.73 Å². The average molecular weight is 505 g/mol. The first kappa shape index (κ1) is 21.7. The van der Waals surface area contributed by atoms with Crippen LogP contribution in [0.15, 0.2) is 80.8 Å². The van der Waals surface area contributed by atoms with Gasteiger partial charge in [-0.3, -0.25) is 14.5 Å². The van der Waals surface area contributed by atoms with E-state index < -0.39 is 6.04 Å². The number of hydrogen-bond acceptors (Lipinski definition) is 4. The topological polar surface area (TPSA) is 62.6 Å². The lowest BCUT2D eigenvalue weighted by Crippen LogP contribution is -2.38. The number of anilines is 2. The minimum atomic E-state index is -0.638. The van der Waals surface area contributed by atoms with Crippen molar-refractivity contribution in [2.45, 2.75) is 39.7 Å². The molecule has 1 aliphatic carbocycles. The third-order valence-corrected chi connectivity index (χ3v) is 6.79. The zero-order valence-electron chi connectivity index (χ0n) is 18.8. The number of nitrogens with zero attached hydrogens (tertiary/aromatic N) is 1. The van der Waals surface area contributed by atoms with Gasteiger partial charge in [-0.25, -0.2) is 0 Å². The van der Waals surface area contributed by atoms with Gasteiger partial charge in [-0.2, -0.15) is 0 Å². The number of nitrogens with one attached hydrogen (secondary N) is 1. The van der Waals surface area contributed by atoms with Crippen LogP contribution in [0.4, 0.5) is 11.4 Å². The number of benzene rings is 2. The van der Waals surface area contributed by atoms with Crippen LogP contribution in [0.25, 0.3) is 11.3 Å². The van der Waals surface area contributed by atoms with E-state index in [-0.39, 0.29) is 17.1 Å². The molecule has 33 heavy (non-hydrogen) atoms. The Bertz CT molecular complexity index is 1290. The molecule has 2 aromatic carbocycles. The number of hydrogen-bond donors (Lipinski definition) is 1. The minimum absolute atomic E-state index is 0.0411. The summed E-state index contributed by atoms with van der Waals surface area (Å²) in [5.41, 5.74) is 3.77. The molecule has 0 fully saturated rings. The lowest BCUT2D eigenvalue weighted by atomic mass is 9.74. The summed E-state index contributed by atoms with van der Waals surface area (Å²) in [7, 11) is 0. The number of furan rings is 1. The number of carbonyl (C=O) groups excluding carboxylic acids is 2. The molecular formula is C27H25BrN2O3. The van der Waals surface area contributed by atoms with E-state index in [0.29, 0.717) is 29.9 Å². The average Bonchev–Trinajstić information content (AvgIpc) is 3.17. The van der Waals surface area contributed by atoms with Crippen molar-refractivity contribution in [3.05, 3.63) is 82.2 Å². The number of Topliss-reactive ketones (excluding diaryl/α,β-unsaturated/α-hetero) is 1. The van der Waals surface area contributed by atoms with Gasteiger partial charge in [-0.05, 0) is 48.2 Å². The lowest BCUT2D eigenvalue weighted by molar-refractivity contribution is -0.118. The summed E-state index contributed by atoms with van der Waals surface area (Å²) in [6.07, 6.45) is 1.14. The molecule has 0 saturated heterocycles. The fourth-order valence-electron chi connectivity index (χ4n) is 4.87. The highest BCUT2D eigenvalue weighted by molar-refractivity contribution is 9.10. The highest BCUT2D eigenvalue weighted by Gasteiger charge is 2.43. The maximum atomic E-state index is 13.5. The summed E-state index contributed by atoms with van der Waals surface area (Å²) >= 11 is 3.46. The number of fused-ring (bicyclic) bond motifs is 1. The van der Waals surface area contributed by atoms with Gasteiger partial charge in [0, 0.05) is 34.7 Å². The molecule has 2 heterocycles. The van der Waals surface area contributed by atoms with Crippen molar-refractivity contribution < 1.29 is 14.0 Å². The Hall–Kier alpha value is -3.12. The summed E-state index contributed by atoms with van der Waals surface area (Å²) in [5.74, 6) is 1.15. The van der Waals surface area contributed by atoms with Gasteiger partial charge in [0.1, 0.15) is 17.6 Å². The zero-order chi connectivity index (χ0) is 23.3. The van der Waals surface area contributed by atoms with Crippen LogP contribution < -0.4 is 10.2 Å². The Morgan fingerprint density at radius 1 is 1.06 bits per heavy atom. The largest absolute Gasteiger partial charge is 0.459 e. The van der Waals surface area contributed by atoms with Crippen LogP contribution in [0.2, 0.25) is 0 Å². The molecule has 0 saturated carbocycles. The van der Waals surface area contributed by atoms with Crippen LogP contribution in [0.5, 0.6) is 0 Å². The highest BCUT2D eigenvalue weighted by Crippen LogP contribution is 2.48. The van der Waals surface area contributed by atoms with Gasteiger partial charge in [-0.1, -0.05) is 54.0 Å². The van der Waals surface area contributed by atoms with Crippen molar-refractivity contribution in [1.29, 1.82) is 0 Å². The molecular weight excluding hydrogens is 480 g/mol. The lowest BCUT2D eigenvalue weighted by Gasteiger charge is -2.35. The molecule has 0 bridgehead atoms. The fraction of sp³-hybridized carbons (Fsp3) is 0.259. The van der Waals surface area contributed by atoms with E-state index in [1.165, 1.54) is 6.92 Å². The summed E-state index contributed by atoms with van der Waals surface area (Å²) in [5, 5.41) is 3.49. The van der Waals surface area contributed by atoms with Gasteiger partial charge in [0.15, 0.2) is 5.78 Å². The van der Waals surface area contributed by atoms with Gasteiger partial charge in [-0.15, -0.1) is 0 Å². The van der Waals surface area contributed by atoms with Crippen LogP contribution in [0.3, 0.4) is 0 Å². The first-order valence-electron chi connectivity index (χ1n) is 11.0. The fourth-order valence-corrected chi connectivity index (χ4v) is 5.14. The maximum absolute atomic E-state index is 13.5. The molecule has 1 atom stereocenters. The predicted molar refractivity (Wildman–Crippen MR) is 133 cm³/mol. The van der Waals surface area contributed by atoms with Crippen molar-refractivity contribution in [2.75, 3.05) is 10.2 Å². The van der Waals surface area contributed by atoms with E-state index in [4.69, 9.17) is 4.42 Å². The number of allylic oxidation sites excluding steroid dienone is 1. The summed E-state index contributed by atoms with van der Waals surface area (Å²) in [4.78, 5) is 28.3. The molecule has 168 valence electrons. The van der Waals surface area contributed by atoms with E-state index in [1.807, 2.05) is 60.7 Å². The summed E-state index contributed by atoms with van der Waals surface area (Å²) < 4.78 is 7.31. The van der Waals surface area contributed by atoms with Gasteiger partial charge in [0.05, 0.1) is 11.4 Å². The first-order chi connectivity index (χ1) is 15.7. The molecule has 2 aliphatic rings. The normalized spacial score (nSPS) is 19.5. The van der Waals surface area contributed by atoms with Crippen molar-refractivity contribution in [3.63, 3.8) is 0 Å². The Kier molecular flexibility index (Phi) is 5.28. The molecule has 1 aliphatic heterocycles. The van der Waals surface area contributed by atoms with Crippen molar-refractivity contribution in [1.82, 2.24) is 0 Å². The first-order valence-corrected chi connectivity index (χ1v) is 11.8. The number of halogens is 1. The Morgan fingerprint density at radius 2 is 1.79 bits per heavy atom. The van der Waals surface area contributed by atoms with E-state index in [9.17, 15) is 9.59 Å². The number of rotatable bonds is 2. The van der Waals surface area contributed by atoms with Crippen molar-refractivity contribution >= 4 is 39.0 Å². The Balaban J connectivity index is 1.71. The van der Waals surface area contributed by atoms with Gasteiger partial charge in [0.2, 0.25) is 5.91 Å². The van der Waals surface area contributed by atoms with Crippen molar-refractivity contribution in [3.8, 4) is 11.3 Å². The molecule has 1 amide bonds. The Morgan fingerprint density at radius 3 is 2.52 bits per heavy atom. The van der Waals surface area contributed by atoms with Crippen LogP contribution in [-0.2, 0) is 9.59 Å². The molecule has 1 N–H and O–H groups in total. The molecule has 5 nitrogen and oxygen atoms in total. The second-order valence-corrected chi connectivity index (χ2v) is 10.4. The smallest absolute Gasteiger partial charge is 0.224 e. The number of ketones is 1. The summed E-state index contributed by atoms with van der Waals surface area (Å²) in [6.45, 7) is 5.73. The van der Waals surface area contributed by atoms with Gasteiger partial charge >= 0.3 is 0 Å². The van der Waals surface area contributed by atoms with E-state index in [0.717, 1.165) is 27.1 Å². The molecule has 0 unspecified atom stereocenters. The predicted octanol–water partition coefficient (Wildman–Crippen LogP) is 6.87. The van der Waals surface area contributed by atoms with E-state index in [1.54, 1.807) is 4.90 Å². The monoisotopic (exact) mass is 504 g/mol. The standard InChI is InChI=1S/C27H25BrN2O3/c1-16(31)30-21-7-5-4-6-19(21)29-20-14-27(2,3)15-22(32)25(20)26(30)24-13-12-23(33-24)17-8-10-18(28)11-9-17/h4-13,26,29H,14-15H2,1-3H3/t26-/m0/s1. The molecule has 6 heteroatoms. The quantitative estimate of drug-likeness (QED) is 0.413. The molecule has 1 aromatic heterocycles. The maximum Gasteiger partial charge on any atom is 0.224 e. The molecule has 0 spiro atoms. The van der Waals surface area contributed by atoms with Crippen molar-refractivity contribution in [2.24, 2.45) is 5.41 Å².